The van der Waals surface area contributed by atoms with Crippen LogP contribution in [0.15, 0.2) is 48.5 Å². The number of fused-ring (bicyclic) bond motifs is 1. The minimum Gasteiger partial charge on any atom is -0.378 e. The number of anilines is 3. The highest BCUT2D eigenvalue weighted by atomic mass is 15.2. The van der Waals surface area contributed by atoms with Gasteiger partial charge in [-0.05, 0) is 36.4 Å². The van der Waals surface area contributed by atoms with Crippen LogP contribution in [0, 0.1) is 0 Å². The van der Waals surface area contributed by atoms with Crippen molar-refractivity contribution in [3.8, 4) is 0 Å². The lowest BCUT2D eigenvalue weighted by Gasteiger charge is -2.13. The zero-order valence-corrected chi connectivity index (χ0v) is 12.0. The number of hydrogen-bond donors (Lipinski definition) is 1. The van der Waals surface area contributed by atoms with Gasteiger partial charge in [-0.15, -0.1) is 0 Å². The lowest BCUT2D eigenvalue weighted by Crippen LogP contribution is -2.08. The Morgan fingerprint density at radius 3 is 2.35 bits per heavy atom. The number of nitrogens with one attached hydrogen (secondary N) is 1. The third-order valence-corrected chi connectivity index (χ3v) is 3.43. The quantitative estimate of drug-likeness (QED) is 0.789. The summed E-state index contributed by atoms with van der Waals surface area (Å²) < 4.78 is 2.06. The second-order valence-electron chi connectivity index (χ2n) is 5.05. The second kappa shape index (κ2) is 4.89. The molecule has 0 aliphatic heterocycles. The molecule has 0 saturated carbocycles. The third kappa shape index (κ3) is 2.20. The van der Waals surface area contributed by atoms with E-state index < -0.39 is 0 Å². The van der Waals surface area contributed by atoms with E-state index >= 15 is 0 Å². The van der Waals surface area contributed by atoms with Crippen molar-refractivity contribution in [1.82, 2.24) is 9.55 Å². The number of aromatic nitrogens is 2. The Labute approximate surface area is 118 Å². The van der Waals surface area contributed by atoms with E-state index in [2.05, 4.69) is 50.1 Å². The highest BCUT2D eigenvalue weighted by Crippen LogP contribution is 2.22. The van der Waals surface area contributed by atoms with Crippen molar-refractivity contribution in [2.24, 2.45) is 7.05 Å². The third-order valence-electron chi connectivity index (χ3n) is 3.43. The lowest BCUT2D eigenvalue weighted by atomic mass is 10.2. The lowest BCUT2D eigenvalue weighted by molar-refractivity contribution is 0.958. The van der Waals surface area contributed by atoms with Crippen molar-refractivity contribution in [2.45, 2.75) is 0 Å². The van der Waals surface area contributed by atoms with Crippen LogP contribution >= 0.6 is 0 Å². The molecule has 102 valence electrons. The van der Waals surface area contributed by atoms with Crippen molar-refractivity contribution in [3.05, 3.63) is 48.5 Å². The fourth-order valence-corrected chi connectivity index (χ4v) is 2.23. The minimum atomic E-state index is 0.851. The normalized spacial score (nSPS) is 10.8. The minimum absolute atomic E-state index is 0.851. The van der Waals surface area contributed by atoms with Crippen LogP contribution in [0.25, 0.3) is 11.0 Å². The Kier molecular flexibility index (Phi) is 3.06. The molecule has 1 N–H and O–H groups in total. The summed E-state index contributed by atoms with van der Waals surface area (Å²) in [6.45, 7) is 0. The second-order valence-corrected chi connectivity index (χ2v) is 5.05. The first kappa shape index (κ1) is 12.5. The van der Waals surface area contributed by atoms with Gasteiger partial charge in [-0.1, -0.05) is 12.1 Å². The molecule has 3 rings (SSSR count). The predicted octanol–water partition coefficient (Wildman–Crippen LogP) is 3.38. The molecule has 0 radical (unpaired) electrons. The molecule has 0 bridgehead atoms. The van der Waals surface area contributed by atoms with Gasteiger partial charge >= 0.3 is 0 Å². The SMILES string of the molecule is CN(C)c1ccc(Nc2nc3ccccc3n2C)cc1. The van der Waals surface area contributed by atoms with E-state index in [4.69, 9.17) is 0 Å². The summed E-state index contributed by atoms with van der Waals surface area (Å²) in [6, 6.07) is 16.4. The summed E-state index contributed by atoms with van der Waals surface area (Å²) in [4.78, 5) is 6.69. The van der Waals surface area contributed by atoms with E-state index in [0.717, 1.165) is 22.7 Å². The molecular weight excluding hydrogens is 248 g/mol. The molecule has 2 aromatic carbocycles. The van der Waals surface area contributed by atoms with Gasteiger partial charge in [0, 0.05) is 32.5 Å². The first-order valence-electron chi connectivity index (χ1n) is 6.61. The van der Waals surface area contributed by atoms with E-state index in [1.54, 1.807) is 0 Å². The Balaban J connectivity index is 1.91. The molecule has 20 heavy (non-hydrogen) atoms. The molecule has 0 saturated heterocycles. The van der Waals surface area contributed by atoms with Crippen LogP contribution in [-0.4, -0.2) is 23.6 Å². The van der Waals surface area contributed by atoms with Gasteiger partial charge in [-0.2, -0.15) is 0 Å². The van der Waals surface area contributed by atoms with Gasteiger partial charge in [-0.3, -0.25) is 0 Å². The van der Waals surface area contributed by atoms with E-state index in [-0.39, 0.29) is 0 Å². The van der Waals surface area contributed by atoms with E-state index in [0.29, 0.717) is 0 Å². The van der Waals surface area contributed by atoms with Crippen LogP contribution in [0.3, 0.4) is 0 Å². The van der Waals surface area contributed by atoms with Crippen LogP contribution in [-0.2, 0) is 7.05 Å². The summed E-state index contributed by atoms with van der Waals surface area (Å²) in [5.74, 6) is 0.851. The van der Waals surface area contributed by atoms with Crippen LogP contribution in [0.1, 0.15) is 0 Å². The summed E-state index contributed by atoms with van der Waals surface area (Å²) >= 11 is 0. The van der Waals surface area contributed by atoms with Gasteiger partial charge in [0.15, 0.2) is 0 Å². The Hall–Kier alpha value is -2.49. The number of rotatable bonds is 3. The van der Waals surface area contributed by atoms with Gasteiger partial charge in [-0.25, -0.2) is 4.98 Å². The maximum atomic E-state index is 4.61. The van der Waals surface area contributed by atoms with Crippen LogP contribution < -0.4 is 10.2 Å². The van der Waals surface area contributed by atoms with Crippen LogP contribution in [0.5, 0.6) is 0 Å². The Morgan fingerprint density at radius 2 is 1.70 bits per heavy atom. The van der Waals surface area contributed by atoms with Crippen molar-refractivity contribution in [2.75, 3.05) is 24.3 Å². The standard InChI is InChI=1S/C16H18N4/c1-19(2)13-10-8-12(9-11-13)17-16-18-14-6-4-5-7-15(14)20(16)3/h4-11H,1-3H3,(H,17,18). The molecule has 0 amide bonds. The smallest absolute Gasteiger partial charge is 0.208 e. The zero-order chi connectivity index (χ0) is 14.1. The average Bonchev–Trinajstić information content (AvgIpc) is 2.77. The molecule has 0 fully saturated rings. The summed E-state index contributed by atoms with van der Waals surface area (Å²) in [5, 5.41) is 3.36. The monoisotopic (exact) mass is 266 g/mol. The number of hydrogen-bond acceptors (Lipinski definition) is 3. The maximum absolute atomic E-state index is 4.61. The molecule has 0 atom stereocenters. The van der Waals surface area contributed by atoms with Crippen molar-refractivity contribution in [1.29, 1.82) is 0 Å². The number of para-hydroxylation sites is 2. The van der Waals surface area contributed by atoms with E-state index in [1.165, 1.54) is 5.69 Å². The predicted molar refractivity (Wildman–Crippen MR) is 84.8 cm³/mol. The molecule has 0 aliphatic carbocycles. The fraction of sp³-hybridized carbons (Fsp3) is 0.188. The van der Waals surface area contributed by atoms with Gasteiger partial charge in [0.25, 0.3) is 0 Å². The zero-order valence-electron chi connectivity index (χ0n) is 12.0. The molecule has 4 heteroatoms. The molecule has 4 nitrogen and oxygen atoms in total. The Morgan fingerprint density at radius 1 is 1.00 bits per heavy atom. The van der Waals surface area contributed by atoms with Crippen LogP contribution in [0.4, 0.5) is 17.3 Å². The molecule has 1 aromatic heterocycles. The van der Waals surface area contributed by atoms with Gasteiger partial charge in [0.1, 0.15) is 0 Å². The molecule has 0 spiro atoms. The largest absolute Gasteiger partial charge is 0.378 e. The average molecular weight is 266 g/mol. The molecule has 0 aliphatic rings. The van der Waals surface area contributed by atoms with E-state index in [9.17, 15) is 0 Å². The number of aryl methyl sites for hydroxylation is 1. The topological polar surface area (TPSA) is 33.1 Å². The number of nitrogens with zero attached hydrogens (tertiary/aromatic N) is 3. The first-order valence-corrected chi connectivity index (χ1v) is 6.61. The number of imidazole rings is 1. The van der Waals surface area contributed by atoms with Crippen molar-refractivity contribution < 1.29 is 0 Å². The van der Waals surface area contributed by atoms with Gasteiger partial charge in [0.2, 0.25) is 5.95 Å². The summed E-state index contributed by atoms with van der Waals surface area (Å²) in [5.41, 5.74) is 4.34. The highest BCUT2D eigenvalue weighted by Gasteiger charge is 2.07. The molecule has 3 aromatic rings. The van der Waals surface area contributed by atoms with Gasteiger partial charge < -0.3 is 14.8 Å². The first-order chi connectivity index (χ1) is 9.65. The summed E-state index contributed by atoms with van der Waals surface area (Å²) in [6.07, 6.45) is 0. The summed E-state index contributed by atoms with van der Waals surface area (Å²) in [7, 11) is 6.09. The fourth-order valence-electron chi connectivity index (χ4n) is 2.23. The van der Waals surface area contributed by atoms with Crippen molar-refractivity contribution >= 4 is 28.4 Å². The highest BCUT2D eigenvalue weighted by molar-refractivity contribution is 5.79. The van der Waals surface area contributed by atoms with Gasteiger partial charge in [0.05, 0.1) is 11.0 Å². The molecule has 0 unspecified atom stereocenters. The molecule has 1 heterocycles. The van der Waals surface area contributed by atoms with Crippen LogP contribution in [0.2, 0.25) is 0 Å². The Bertz CT molecular complexity index is 726. The molecular formula is C16H18N4. The number of benzene rings is 2. The van der Waals surface area contributed by atoms with Crippen molar-refractivity contribution in [3.63, 3.8) is 0 Å². The van der Waals surface area contributed by atoms with E-state index in [1.807, 2.05) is 39.3 Å². The maximum Gasteiger partial charge on any atom is 0.208 e.